The first-order valence-corrected chi connectivity index (χ1v) is 8.53. The van der Waals surface area contributed by atoms with E-state index in [1.807, 2.05) is 13.1 Å². The topological polar surface area (TPSA) is 58.4 Å². The van der Waals surface area contributed by atoms with Gasteiger partial charge in [0.2, 0.25) is 0 Å². The van der Waals surface area contributed by atoms with Crippen LogP contribution in [-0.4, -0.2) is 38.6 Å². The molecular weight excluding hydrogens is 302 g/mol. The zero-order valence-corrected chi connectivity index (χ0v) is 14.5. The molecule has 24 heavy (non-hydrogen) atoms. The second kappa shape index (κ2) is 6.77. The minimum atomic E-state index is -0.676. The van der Waals surface area contributed by atoms with Gasteiger partial charge in [0, 0.05) is 37.2 Å². The van der Waals surface area contributed by atoms with Crippen molar-refractivity contribution in [3.63, 3.8) is 0 Å². The Balaban J connectivity index is 1.76. The fourth-order valence-electron chi connectivity index (χ4n) is 3.66. The van der Waals surface area contributed by atoms with Crippen LogP contribution in [0.15, 0.2) is 36.7 Å². The van der Waals surface area contributed by atoms with E-state index in [2.05, 4.69) is 52.6 Å². The van der Waals surface area contributed by atoms with E-state index in [0.29, 0.717) is 12.5 Å². The summed E-state index contributed by atoms with van der Waals surface area (Å²) in [5.41, 5.74) is 2.31. The Morgan fingerprint density at radius 1 is 1.29 bits per heavy atom. The second-order valence-electron chi connectivity index (χ2n) is 6.94. The second-order valence-corrected chi connectivity index (χ2v) is 6.94. The highest BCUT2D eigenvalue weighted by atomic mass is 16.4. The SMILES string of the molecule is Cc1nccn1-c1ccc(C(C)N2CC(C)CC(C(=O)O)C2)cc1. The van der Waals surface area contributed by atoms with E-state index in [0.717, 1.165) is 24.5 Å². The summed E-state index contributed by atoms with van der Waals surface area (Å²) in [6.45, 7) is 7.86. The summed E-state index contributed by atoms with van der Waals surface area (Å²) in [6.07, 6.45) is 4.53. The van der Waals surface area contributed by atoms with E-state index < -0.39 is 5.97 Å². The van der Waals surface area contributed by atoms with Gasteiger partial charge in [-0.3, -0.25) is 9.69 Å². The lowest BCUT2D eigenvalue weighted by Crippen LogP contribution is -2.43. The van der Waals surface area contributed by atoms with Gasteiger partial charge in [-0.2, -0.15) is 0 Å². The summed E-state index contributed by atoms with van der Waals surface area (Å²) >= 11 is 0. The van der Waals surface area contributed by atoms with Gasteiger partial charge in [-0.05, 0) is 43.9 Å². The smallest absolute Gasteiger partial charge is 0.307 e. The van der Waals surface area contributed by atoms with Gasteiger partial charge in [-0.1, -0.05) is 19.1 Å². The van der Waals surface area contributed by atoms with Gasteiger partial charge < -0.3 is 9.67 Å². The zero-order valence-electron chi connectivity index (χ0n) is 14.5. The van der Waals surface area contributed by atoms with Crippen LogP contribution in [0.25, 0.3) is 5.69 Å². The monoisotopic (exact) mass is 327 g/mol. The third-order valence-electron chi connectivity index (χ3n) is 5.06. The number of carboxylic acid groups (broad SMARTS) is 1. The molecule has 1 aliphatic rings. The van der Waals surface area contributed by atoms with Crippen LogP contribution in [0.4, 0.5) is 0 Å². The summed E-state index contributed by atoms with van der Waals surface area (Å²) in [4.78, 5) is 17.9. The molecule has 1 saturated heterocycles. The van der Waals surface area contributed by atoms with E-state index in [1.54, 1.807) is 6.20 Å². The molecule has 0 aliphatic carbocycles. The highest BCUT2D eigenvalue weighted by Gasteiger charge is 2.31. The molecule has 3 unspecified atom stereocenters. The molecule has 0 bridgehead atoms. The standard InChI is InChI=1S/C19H25N3O2/c1-13-10-17(19(23)24)12-21(11-13)14(2)16-4-6-18(7-5-16)22-9-8-20-15(22)3/h4-9,13-14,17H,10-12H2,1-3H3,(H,23,24). The fourth-order valence-corrected chi connectivity index (χ4v) is 3.66. The van der Waals surface area contributed by atoms with E-state index in [4.69, 9.17) is 0 Å². The summed E-state index contributed by atoms with van der Waals surface area (Å²) in [5, 5.41) is 9.36. The van der Waals surface area contributed by atoms with Gasteiger partial charge in [0.15, 0.2) is 0 Å². The van der Waals surface area contributed by atoms with Gasteiger partial charge in [-0.25, -0.2) is 4.98 Å². The van der Waals surface area contributed by atoms with Gasteiger partial charge in [-0.15, -0.1) is 0 Å². The molecule has 0 radical (unpaired) electrons. The maximum Gasteiger partial charge on any atom is 0.307 e. The minimum Gasteiger partial charge on any atom is -0.481 e. The number of likely N-dealkylation sites (tertiary alicyclic amines) is 1. The van der Waals surface area contributed by atoms with Crippen LogP contribution in [-0.2, 0) is 4.79 Å². The summed E-state index contributed by atoms with van der Waals surface area (Å²) < 4.78 is 2.05. The number of hydrogen-bond donors (Lipinski definition) is 1. The zero-order chi connectivity index (χ0) is 17.3. The first-order valence-electron chi connectivity index (χ1n) is 8.53. The van der Waals surface area contributed by atoms with E-state index in [1.165, 1.54) is 5.56 Å². The third kappa shape index (κ3) is 3.36. The Kier molecular flexibility index (Phi) is 4.71. The summed E-state index contributed by atoms with van der Waals surface area (Å²) in [6, 6.07) is 8.68. The van der Waals surface area contributed by atoms with E-state index in [9.17, 15) is 9.90 Å². The molecule has 1 aromatic heterocycles. The largest absolute Gasteiger partial charge is 0.481 e. The molecule has 0 saturated carbocycles. The number of rotatable bonds is 4. The molecule has 1 aromatic carbocycles. The Morgan fingerprint density at radius 2 is 2.00 bits per heavy atom. The summed E-state index contributed by atoms with van der Waals surface area (Å²) in [5.74, 6) is 0.439. The van der Waals surface area contributed by atoms with Crippen molar-refractivity contribution in [1.82, 2.24) is 14.5 Å². The van der Waals surface area contributed by atoms with Crippen LogP contribution in [0.5, 0.6) is 0 Å². The number of carbonyl (C=O) groups is 1. The van der Waals surface area contributed by atoms with Crippen LogP contribution in [0, 0.1) is 18.8 Å². The Labute approximate surface area is 142 Å². The molecular formula is C19H25N3O2. The Bertz CT molecular complexity index is 708. The average Bonchev–Trinajstić information content (AvgIpc) is 2.99. The minimum absolute atomic E-state index is 0.215. The number of carboxylic acids is 1. The highest BCUT2D eigenvalue weighted by molar-refractivity contribution is 5.70. The number of aliphatic carboxylic acids is 1. The normalized spacial score (nSPS) is 23.1. The number of imidazole rings is 1. The molecule has 1 aliphatic heterocycles. The number of hydrogen-bond acceptors (Lipinski definition) is 3. The number of aromatic nitrogens is 2. The van der Waals surface area contributed by atoms with Gasteiger partial charge in [0.25, 0.3) is 0 Å². The van der Waals surface area contributed by atoms with Crippen molar-refractivity contribution >= 4 is 5.97 Å². The average molecular weight is 327 g/mol. The predicted octanol–water partition coefficient (Wildman–Crippen LogP) is 3.28. The molecule has 1 N–H and O–H groups in total. The van der Waals surface area contributed by atoms with Crippen molar-refractivity contribution < 1.29 is 9.90 Å². The van der Waals surface area contributed by atoms with Crippen LogP contribution < -0.4 is 0 Å². The molecule has 2 aromatic rings. The number of nitrogens with zero attached hydrogens (tertiary/aromatic N) is 3. The van der Waals surface area contributed by atoms with Gasteiger partial charge >= 0.3 is 5.97 Å². The molecule has 5 heteroatoms. The molecule has 1 fully saturated rings. The first-order chi connectivity index (χ1) is 11.5. The van der Waals surface area contributed by atoms with E-state index >= 15 is 0 Å². The molecule has 0 amide bonds. The van der Waals surface area contributed by atoms with Crippen molar-refractivity contribution in [2.45, 2.75) is 33.2 Å². The van der Waals surface area contributed by atoms with Crippen molar-refractivity contribution in [2.24, 2.45) is 11.8 Å². The Morgan fingerprint density at radius 3 is 2.58 bits per heavy atom. The lowest BCUT2D eigenvalue weighted by Gasteiger charge is -2.38. The van der Waals surface area contributed by atoms with Crippen molar-refractivity contribution in [3.8, 4) is 5.69 Å². The van der Waals surface area contributed by atoms with Gasteiger partial charge in [0.05, 0.1) is 5.92 Å². The number of piperidine rings is 1. The third-order valence-corrected chi connectivity index (χ3v) is 5.06. The quantitative estimate of drug-likeness (QED) is 0.936. The van der Waals surface area contributed by atoms with Crippen LogP contribution in [0.3, 0.4) is 0 Å². The first kappa shape index (κ1) is 16.7. The molecule has 5 nitrogen and oxygen atoms in total. The number of aryl methyl sites for hydroxylation is 1. The maximum atomic E-state index is 11.4. The van der Waals surface area contributed by atoms with Crippen molar-refractivity contribution in [2.75, 3.05) is 13.1 Å². The molecule has 3 rings (SSSR count). The molecule has 0 spiro atoms. The maximum absolute atomic E-state index is 11.4. The number of benzene rings is 1. The van der Waals surface area contributed by atoms with Crippen LogP contribution >= 0.6 is 0 Å². The van der Waals surface area contributed by atoms with Gasteiger partial charge in [0.1, 0.15) is 5.82 Å². The lowest BCUT2D eigenvalue weighted by atomic mass is 9.89. The van der Waals surface area contributed by atoms with Crippen LogP contribution in [0.2, 0.25) is 0 Å². The van der Waals surface area contributed by atoms with Crippen LogP contribution in [0.1, 0.15) is 37.7 Å². The highest BCUT2D eigenvalue weighted by Crippen LogP contribution is 2.30. The fraction of sp³-hybridized carbons (Fsp3) is 0.474. The Hall–Kier alpha value is -2.14. The molecule has 2 heterocycles. The molecule has 3 atom stereocenters. The van der Waals surface area contributed by atoms with Crippen molar-refractivity contribution in [1.29, 1.82) is 0 Å². The van der Waals surface area contributed by atoms with Crippen molar-refractivity contribution in [3.05, 3.63) is 48.0 Å². The molecule has 128 valence electrons. The lowest BCUT2D eigenvalue weighted by molar-refractivity contribution is -0.144. The summed E-state index contributed by atoms with van der Waals surface area (Å²) in [7, 11) is 0. The van der Waals surface area contributed by atoms with E-state index in [-0.39, 0.29) is 12.0 Å². The predicted molar refractivity (Wildman–Crippen MR) is 93.2 cm³/mol.